The van der Waals surface area contributed by atoms with Crippen molar-refractivity contribution in [3.63, 3.8) is 0 Å². The minimum Gasteiger partial charge on any atom is -0.355 e. The Balaban J connectivity index is 1.28. The van der Waals surface area contributed by atoms with Crippen LogP contribution < -0.4 is 5.32 Å². The number of hydrogen-bond acceptors (Lipinski definition) is 3. The molecule has 174 valence electrons. The third kappa shape index (κ3) is 5.02. The van der Waals surface area contributed by atoms with E-state index >= 15 is 0 Å². The third-order valence-electron chi connectivity index (χ3n) is 6.51. The molecule has 1 aliphatic rings. The average molecular weight is 457 g/mol. The van der Waals surface area contributed by atoms with E-state index in [-0.39, 0.29) is 17.6 Å². The van der Waals surface area contributed by atoms with Crippen molar-refractivity contribution in [1.82, 2.24) is 19.8 Å². The number of carbonyl (C=O) groups excluding carboxylic acids is 1. The summed E-state index contributed by atoms with van der Waals surface area (Å²) in [6.07, 6.45) is 2.72. The summed E-state index contributed by atoms with van der Waals surface area (Å²) in [4.78, 5) is 20.1. The summed E-state index contributed by atoms with van der Waals surface area (Å²) in [5.41, 5.74) is 4.02. The Morgan fingerprint density at radius 3 is 2.59 bits per heavy atom. The molecule has 1 aliphatic heterocycles. The Labute approximate surface area is 199 Å². The number of fused-ring (bicyclic) bond motifs is 1. The molecule has 0 radical (unpaired) electrons. The average Bonchev–Trinajstić information content (AvgIpc) is 3.23. The number of rotatable bonds is 7. The van der Waals surface area contributed by atoms with Gasteiger partial charge in [-0.25, -0.2) is 9.37 Å². The van der Waals surface area contributed by atoms with Crippen LogP contribution in [0.5, 0.6) is 0 Å². The molecule has 1 saturated heterocycles. The number of nitrogens with zero attached hydrogens (tertiary/aromatic N) is 3. The van der Waals surface area contributed by atoms with Gasteiger partial charge in [0.25, 0.3) is 0 Å². The van der Waals surface area contributed by atoms with E-state index in [2.05, 4.69) is 26.9 Å². The number of likely N-dealkylation sites (tertiary alicyclic amines) is 1. The highest BCUT2D eigenvalue weighted by Crippen LogP contribution is 2.25. The maximum Gasteiger partial charge on any atom is 0.224 e. The summed E-state index contributed by atoms with van der Waals surface area (Å²) in [5, 5.41) is 3.13. The van der Waals surface area contributed by atoms with Crippen LogP contribution in [-0.4, -0.2) is 40.0 Å². The maximum absolute atomic E-state index is 13.5. The zero-order valence-electron chi connectivity index (χ0n) is 19.2. The summed E-state index contributed by atoms with van der Waals surface area (Å²) in [5.74, 6) is 0.755. The molecule has 1 aromatic heterocycles. The van der Waals surface area contributed by atoms with Crippen LogP contribution in [0.15, 0.2) is 78.9 Å². The number of aromatic nitrogens is 2. The van der Waals surface area contributed by atoms with Crippen molar-refractivity contribution in [1.29, 1.82) is 0 Å². The standard InChI is InChI=1S/C28H29FN4O/c29-23-12-14-24(15-13-23)33-26-11-5-4-10-25(26)31-27(33)20-32-18-6-9-22(19-32)28(34)30-17-16-21-7-2-1-3-8-21/h1-5,7-8,10-15,22H,6,9,16-20H2,(H,30,34)/t22-/m1/s1. The van der Waals surface area contributed by atoms with Crippen molar-refractivity contribution in [2.24, 2.45) is 5.92 Å². The Morgan fingerprint density at radius 2 is 1.76 bits per heavy atom. The zero-order valence-corrected chi connectivity index (χ0v) is 19.2. The molecule has 2 heterocycles. The van der Waals surface area contributed by atoms with Gasteiger partial charge in [-0.3, -0.25) is 14.3 Å². The van der Waals surface area contributed by atoms with Crippen molar-refractivity contribution in [3.8, 4) is 5.69 Å². The lowest BCUT2D eigenvalue weighted by atomic mass is 9.97. The number of amides is 1. The summed E-state index contributed by atoms with van der Waals surface area (Å²) in [6.45, 7) is 2.93. The van der Waals surface area contributed by atoms with E-state index in [1.807, 2.05) is 42.5 Å². The summed E-state index contributed by atoms with van der Waals surface area (Å²) in [7, 11) is 0. The van der Waals surface area contributed by atoms with Crippen LogP contribution in [0, 0.1) is 11.7 Å². The van der Waals surface area contributed by atoms with E-state index in [0.717, 1.165) is 48.4 Å². The van der Waals surface area contributed by atoms with Gasteiger partial charge in [0.05, 0.1) is 23.5 Å². The predicted molar refractivity (Wildman–Crippen MR) is 132 cm³/mol. The van der Waals surface area contributed by atoms with E-state index < -0.39 is 0 Å². The molecule has 1 fully saturated rings. The fourth-order valence-corrected chi connectivity index (χ4v) is 4.79. The highest BCUT2D eigenvalue weighted by molar-refractivity contribution is 5.79. The van der Waals surface area contributed by atoms with Crippen LogP contribution in [0.2, 0.25) is 0 Å². The van der Waals surface area contributed by atoms with Crippen LogP contribution in [0.4, 0.5) is 4.39 Å². The maximum atomic E-state index is 13.5. The Kier molecular flexibility index (Phi) is 6.67. The predicted octanol–water partition coefficient (Wildman–Crippen LogP) is 4.74. The minimum atomic E-state index is -0.258. The second-order valence-electron chi connectivity index (χ2n) is 8.93. The summed E-state index contributed by atoms with van der Waals surface area (Å²) >= 11 is 0. The van der Waals surface area contributed by atoms with Crippen molar-refractivity contribution in [3.05, 3.63) is 96.1 Å². The van der Waals surface area contributed by atoms with Gasteiger partial charge in [0, 0.05) is 18.8 Å². The Morgan fingerprint density at radius 1 is 1.00 bits per heavy atom. The van der Waals surface area contributed by atoms with Crippen LogP contribution in [0.1, 0.15) is 24.2 Å². The highest BCUT2D eigenvalue weighted by atomic mass is 19.1. The van der Waals surface area contributed by atoms with Gasteiger partial charge in [0.15, 0.2) is 0 Å². The van der Waals surface area contributed by atoms with E-state index in [1.54, 1.807) is 12.1 Å². The van der Waals surface area contributed by atoms with Crippen LogP contribution in [-0.2, 0) is 17.8 Å². The van der Waals surface area contributed by atoms with Gasteiger partial charge in [-0.05, 0) is 67.8 Å². The topological polar surface area (TPSA) is 50.2 Å². The van der Waals surface area contributed by atoms with Crippen molar-refractivity contribution in [2.45, 2.75) is 25.8 Å². The third-order valence-corrected chi connectivity index (χ3v) is 6.51. The van der Waals surface area contributed by atoms with E-state index in [1.165, 1.54) is 17.7 Å². The molecule has 0 aliphatic carbocycles. The van der Waals surface area contributed by atoms with Gasteiger partial charge < -0.3 is 5.32 Å². The SMILES string of the molecule is O=C(NCCc1ccccc1)[C@@H]1CCCN(Cc2nc3ccccc3n2-c2ccc(F)cc2)C1. The molecule has 3 aromatic carbocycles. The first-order chi connectivity index (χ1) is 16.7. The fraction of sp³-hybridized carbons (Fsp3) is 0.286. The van der Waals surface area contributed by atoms with Crippen LogP contribution in [0.3, 0.4) is 0 Å². The summed E-state index contributed by atoms with van der Waals surface area (Å²) < 4.78 is 15.6. The molecule has 5 rings (SSSR count). The second kappa shape index (κ2) is 10.2. The number of piperidine rings is 1. The number of halogens is 1. The lowest BCUT2D eigenvalue weighted by molar-refractivity contribution is -0.126. The fourth-order valence-electron chi connectivity index (χ4n) is 4.79. The lowest BCUT2D eigenvalue weighted by Crippen LogP contribution is -2.43. The molecule has 0 unspecified atom stereocenters. The number of nitrogens with one attached hydrogen (secondary N) is 1. The molecule has 0 bridgehead atoms. The first-order valence-corrected chi connectivity index (χ1v) is 11.9. The molecule has 0 spiro atoms. The molecular formula is C28H29FN4O. The van der Waals surface area contributed by atoms with Gasteiger partial charge in [-0.2, -0.15) is 0 Å². The van der Waals surface area contributed by atoms with Crippen molar-refractivity contribution in [2.75, 3.05) is 19.6 Å². The van der Waals surface area contributed by atoms with Gasteiger partial charge in [-0.1, -0.05) is 42.5 Å². The lowest BCUT2D eigenvalue weighted by Gasteiger charge is -2.31. The van der Waals surface area contributed by atoms with E-state index in [9.17, 15) is 9.18 Å². The molecule has 6 heteroatoms. The zero-order chi connectivity index (χ0) is 23.3. The molecule has 1 atom stereocenters. The second-order valence-corrected chi connectivity index (χ2v) is 8.93. The van der Waals surface area contributed by atoms with Gasteiger partial charge in [0.1, 0.15) is 11.6 Å². The first kappa shape index (κ1) is 22.3. The molecular weight excluding hydrogens is 427 g/mol. The van der Waals surface area contributed by atoms with Crippen molar-refractivity contribution < 1.29 is 9.18 Å². The van der Waals surface area contributed by atoms with E-state index in [4.69, 9.17) is 4.98 Å². The van der Waals surface area contributed by atoms with Crippen molar-refractivity contribution >= 4 is 16.9 Å². The molecule has 4 aromatic rings. The van der Waals surface area contributed by atoms with Gasteiger partial charge in [-0.15, -0.1) is 0 Å². The first-order valence-electron chi connectivity index (χ1n) is 11.9. The highest BCUT2D eigenvalue weighted by Gasteiger charge is 2.27. The number of benzene rings is 3. The minimum absolute atomic E-state index is 0.0202. The van der Waals surface area contributed by atoms with Crippen LogP contribution >= 0.6 is 0 Å². The Hall–Kier alpha value is -3.51. The molecule has 1 N–H and O–H groups in total. The molecule has 1 amide bonds. The van der Waals surface area contributed by atoms with Gasteiger partial charge in [0.2, 0.25) is 5.91 Å². The number of hydrogen-bond donors (Lipinski definition) is 1. The van der Waals surface area contributed by atoms with Gasteiger partial charge >= 0.3 is 0 Å². The molecule has 34 heavy (non-hydrogen) atoms. The molecule has 0 saturated carbocycles. The largest absolute Gasteiger partial charge is 0.355 e. The number of carbonyl (C=O) groups is 1. The quantitative estimate of drug-likeness (QED) is 0.437. The Bertz CT molecular complexity index is 1250. The number of para-hydroxylation sites is 2. The molecule has 5 nitrogen and oxygen atoms in total. The van der Waals surface area contributed by atoms with Crippen LogP contribution in [0.25, 0.3) is 16.7 Å². The summed E-state index contributed by atoms with van der Waals surface area (Å²) in [6, 6.07) is 24.7. The smallest absolute Gasteiger partial charge is 0.224 e. The number of imidazole rings is 1. The normalized spacial score (nSPS) is 16.6. The van der Waals surface area contributed by atoms with E-state index in [0.29, 0.717) is 19.6 Å². The monoisotopic (exact) mass is 456 g/mol.